The second kappa shape index (κ2) is 4.43. The van der Waals surface area contributed by atoms with Crippen LogP contribution in [0.1, 0.15) is 0 Å². The summed E-state index contributed by atoms with van der Waals surface area (Å²) in [7, 11) is 0. The van der Waals surface area contributed by atoms with E-state index in [1.807, 2.05) is 0 Å². The molecular formula is C11H5ClF2N4O. The molecule has 0 atom stereocenters. The third-order valence-electron chi connectivity index (χ3n) is 2.37. The van der Waals surface area contributed by atoms with Crippen LogP contribution in [0.4, 0.5) is 8.78 Å². The topological polar surface area (TPSA) is 63.7 Å². The Morgan fingerprint density at radius 2 is 2.05 bits per heavy atom. The molecule has 0 unspecified atom stereocenters. The van der Waals surface area contributed by atoms with Gasteiger partial charge in [-0.1, -0.05) is 6.07 Å². The first-order chi connectivity index (χ1) is 9.15. The molecule has 3 rings (SSSR count). The smallest absolute Gasteiger partial charge is 0.234 e. The third kappa shape index (κ3) is 2.08. The van der Waals surface area contributed by atoms with Crippen LogP contribution in [0, 0.1) is 11.6 Å². The minimum absolute atomic E-state index is 0.00625. The van der Waals surface area contributed by atoms with Crippen LogP contribution in [0.15, 0.2) is 24.4 Å². The van der Waals surface area contributed by atoms with Crippen LogP contribution >= 0.6 is 11.6 Å². The van der Waals surface area contributed by atoms with Crippen LogP contribution in [-0.4, -0.2) is 20.2 Å². The van der Waals surface area contributed by atoms with Gasteiger partial charge >= 0.3 is 0 Å². The zero-order valence-electron chi connectivity index (χ0n) is 9.19. The lowest BCUT2D eigenvalue weighted by Gasteiger charge is -2.06. The van der Waals surface area contributed by atoms with E-state index in [1.165, 1.54) is 18.3 Å². The van der Waals surface area contributed by atoms with E-state index in [0.717, 1.165) is 6.07 Å². The quantitative estimate of drug-likeness (QED) is 0.734. The summed E-state index contributed by atoms with van der Waals surface area (Å²) in [6.07, 6.45) is 1.40. The van der Waals surface area contributed by atoms with Crippen molar-refractivity contribution in [3.8, 4) is 11.6 Å². The molecule has 2 aromatic heterocycles. The van der Waals surface area contributed by atoms with Gasteiger partial charge < -0.3 is 4.74 Å². The van der Waals surface area contributed by atoms with Gasteiger partial charge in [0.15, 0.2) is 17.2 Å². The van der Waals surface area contributed by atoms with E-state index in [2.05, 4.69) is 20.2 Å². The van der Waals surface area contributed by atoms with Crippen molar-refractivity contribution in [3.63, 3.8) is 0 Å². The van der Waals surface area contributed by atoms with E-state index in [1.54, 1.807) is 0 Å². The lowest BCUT2D eigenvalue weighted by molar-refractivity contribution is 0.408. The second-order valence-electron chi connectivity index (χ2n) is 3.58. The van der Waals surface area contributed by atoms with Crippen LogP contribution in [0.25, 0.3) is 11.0 Å². The average Bonchev–Trinajstić information content (AvgIpc) is 2.83. The van der Waals surface area contributed by atoms with Crippen molar-refractivity contribution in [3.05, 3.63) is 41.3 Å². The maximum Gasteiger partial charge on any atom is 0.234 e. The van der Waals surface area contributed by atoms with Crippen molar-refractivity contribution < 1.29 is 13.5 Å². The number of halogens is 3. The molecule has 0 fully saturated rings. The van der Waals surface area contributed by atoms with Gasteiger partial charge in [0.25, 0.3) is 0 Å². The van der Waals surface area contributed by atoms with E-state index in [4.69, 9.17) is 16.3 Å². The molecule has 0 saturated carbocycles. The van der Waals surface area contributed by atoms with Crippen LogP contribution in [0.5, 0.6) is 11.6 Å². The molecule has 3 aromatic rings. The fourth-order valence-electron chi connectivity index (χ4n) is 1.53. The first-order valence-electron chi connectivity index (χ1n) is 5.13. The van der Waals surface area contributed by atoms with Gasteiger partial charge in [0.1, 0.15) is 5.39 Å². The van der Waals surface area contributed by atoms with Gasteiger partial charge in [-0.2, -0.15) is 19.5 Å². The van der Waals surface area contributed by atoms with E-state index in [-0.39, 0.29) is 16.9 Å². The summed E-state index contributed by atoms with van der Waals surface area (Å²) in [5.41, 5.74) is 0.340. The van der Waals surface area contributed by atoms with E-state index in [0.29, 0.717) is 11.0 Å². The Morgan fingerprint density at radius 1 is 1.21 bits per heavy atom. The highest BCUT2D eigenvalue weighted by Gasteiger charge is 2.14. The van der Waals surface area contributed by atoms with Crippen molar-refractivity contribution >= 4 is 22.6 Å². The van der Waals surface area contributed by atoms with Crippen LogP contribution in [0.2, 0.25) is 5.28 Å². The minimum atomic E-state index is -1.10. The SMILES string of the molecule is Fc1cccc(Oc2nc(Cl)nc3[nH]ncc23)c1F. The number of hydrogen-bond acceptors (Lipinski definition) is 4. The zero-order chi connectivity index (χ0) is 13.4. The molecule has 0 bridgehead atoms. The molecule has 0 amide bonds. The Balaban J connectivity index is 2.10. The Kier molecular flexibility index (Phi) is 2.75. The summed E-state index contributed by atoms with van der Waals surface area (Å²) in [5, 5.41) is 6.65. The standard InChI is InChI=1S/C11H5ClF2N4O/c12-11-16-9-5(4-15-18-9)10(17-11)19-7-3-1-2-6(13)8(7)14/h1-4H,(H,15,16,17,18). The van der Waals surface area contributed by atoms with Crippen molar-refractivity contribution in [2.75, 3.05) is 0 Å². The van der Waals surface area contributed by atoms with Gasteiger partial charge in [-0.25, -0.2) is 4.39 Å². The molecule has 1 N–H and O–H groups in total. The molecule has 0 radical (unpaired) electrons. The Hall–Kier alpha value is -2.28. The molecule has 96 valence electrons. The zero-order valence-corrected chi connectivity index (χ0v) is 9.95. The summed E-state index contributed by atoms with van der Waals surface area (Å²) >= 11 is 5.70. The number of hydrogen-bond donors (Lipinski definition) is 1. The van der Waals surface area contributed by atoms with Crippen molar-refractivity contribution in [2.24, 2.45) is 0 Å². The van der Waals surface area contributed by atoms with Crippen LogP contribution < -0.4 is 4.74 Å². The van der Waals surface area contributed by atoms with Gasteiger partial charge in [0, 0.05) is 0 Å². The lowest BCUT2D eigenvalue weighted by Crippen LogP contribution is -1.95. The lowest BCUT2D eigenvalue weighted by atomic mass is 10.3. The number of nitrogens with zero attached hydrogens (tertiary/aromatic N) is 3. The van der Waals surface area contributed by atoms with Gasteiger partial charge in [-0.15, -0.1) is 0 Å². The van der Waals surface area contributed by atoms with Crippen molar-refractivity contribution in [1.29, 1.82) is 0 Å². The summed E-state index contributed by atoms with van der Waals surface area (Å²) in [6.45, 7) is 0. The highest BCUT2D eigenvalue weighted by molar-refractivity contribution is 6.28. The van der Waals surface area contributed by atoms with Gasteiger partial charge in [0.2, 0.25) is 17.0 Å². The van der Waals surface area contributed by atoms with E-state index < -0.39 is 11.6 Å². The molecule has 0 spiro atoms. The monoisotopic (exact) mass is 282 g/mol. The van der Waals surface area contributed by atoms with E-state index >= 15 is 0 Å². The Bertz CT molecular complexity index is 762. The van der Waals surface area contributed by atoms with Gasteiger partial charge in [0.05, 0.1) is 6.20 Å². The number of nitrogens with one attached hydrogen (secondary N) is 1. The number of ether oxygens (including phenoxy) is 1. The molecule has 5 nitrogen and oxygen atoms in total. The summed E-state index contributed by atoms with van der Waals surface area (Å²) in [4.78, 5) is 7.69. The largest absolute Gasteiger partial charge is 0.435 e. The fourth-order valence-corrected chi connectivity index (χ4v) is 1.69. The minimum Gasteiger partial charge on any atom is -0.435 e. The first kappa shape index (κ1) is 11.8. The predicted molar refractivity (Wildman–Crippen MR) is 63.1 cm³/mol. The summed E-state index contributed by atoms with van der Waals surface area (Å²) in [6, 6.07) is 3.59. The number of H-pyrrole nitrogens is 1. The molecule has 8 heteroatoms. The second-order valence-corrected chi connectivity index (χ2v) is 3.92. The third-order valence-corrected chi connectivity index (χ3v) is 2.54. The van der Waals surface area contributed by atoms with Gasteiger partial charge in [-0.05, 0) is 23.7 Å². The molecule has 0 aliphatic carbocycles. The maximum absolute atomic E-state index is 13.5. The van der Waals surface area contributed by atoms with E-state index in [9.17, 15) is 8.78 Å². The number of aromatic amines is 1. The summed E-state index contributed by atoms with van der Waals surface area (Å²) in [5.74, 6) is -2.42. The van der Waals surface area contributed by atoms with Crippen LogP contribution in [-0.2, 0) is 0 Å². The highest BCUT2D eigenvalue weighted by Crippen LogP contribution is 2.29. The molecule has 0 saturated heterocycles. The first-order valence-corrected chi connectivity index (χ1v) is 5.51. The Labute approximate surface area is 110 Å². The van der Waals surface area contributed by atoms with Crippen molar-refractivity contribution in [2.45, 2.75) is 0 Å². The summed E-state index contributed by atoms with van der Waals surface area (Å²) < 4.78 is 31.8. The fraction of sp³-hybridized carbons (Fsp3) is 0. The number of aromatic nitrogens is 4. The normalized spacial score (nSPS) is 10.9. The molecule has 0 aliphatic heterocycles. The Morgan fingerprint density at radius 3 is 2.89 bits per heavy atom. The predicted octanol–water partition coefficient (Wildman–Crippen LogP) is 3.08. The number of rotatable bonds is 2. The molecule has 19 heavy (non-hydrogen) atoms. The highest BCUT2D eigenvalue weighted by atomic mass is 35.5. The molecule has 0 aliphatic rings. The van der Waals surface area contributed by atoms with Gasteiger partial charge in [-0.3, -0.25) is 5.10 Å². The number of fused-ring (bicyclic) bond motifs is 1. The molecule has 2 heterocycles. The number of benzene rings is 1. The average molecular weight is 283 g/mol. The molecular weight excluding hydrogens is 278 g/mol. The van der Waals surface area contributed by atoms with Crippen molar-refractivity contribution in [1.82, 2.24) is 20.2 Å². The maximum atomic E-state index is 13.5. The van der Waals surface area contributed by atoms with Crippen LogP contribution in [0.3, 0.4) is 0 Å². The molecule has 1 aromatic carbocycles.